The molecule has 36 heavy (non-hydrogen) atoms. The Bertz CT molecular complexity index is 1340. The number of fused-ring (bicyclic) bond motifs is 1. The molecule has 1 fully saturated rings. The molecule has 0 radical (unpaired) electrons. The van der Waals surface area contributed by atoms with Gasteiger partial charge in [-0.15, -0.1) is 0 Å². The number of para-hydroxylation sites is 1. The van der Waals surface area contributed by atoms with Gasteiger partial charge in [-0.2, -0.15) is 0 Å². The summed E-state index contributed by atoms with van der Waals surface area (Å²) >= 11 is 1.23. The fourth-order valence-corrected chi connectivity index (χ4v) is 5.25. The molecule has 0 aliphatic carbocycles. The number of rotatable bonds is 6. The highest BCUT2D eigenvalue weighted by Gasteiger charge is 2.39. The molecule has 0 bridgehead atoms. The Balaban J connectivity index is 1.38. The van der Waals surface area contributed by atoms with Crippen LogP contribution in [0.4, 0.5) is 15.8 Å². The number of ether oxygens (including phenoxy) is 2. The van der Waals surface area contributed by atoms with Crippen molar-refractivity contribution in [2.75, 3.05) is 12.1 Å². The molecule has 0 aromatic heterocycles. The van der Waals surface area contributed by atoms with Gasteiger partial charge in [-0.05, 0) is 66.9 Å². The van der Waals surface area contributed by atoms with Crippen LogP contribution in [0.5, 0.6) is 11.5 Å². The Morgan fingerprint density at radius 2 is 1.81 bits per heavy atom. The van der Waals surface area contributed by atoms with Crippen LogP contribution in [0.2, 0.25) is 0 Å². The van der Waals surface area contributed by atoms with Gasteiger partial charge in [0.15, 0.2) is 16.7 Å². The van der Waals surface area contributed by atoms with Crippen molar-refractivity contribution in [3.63, 3.8) is 0 Å². The van der Waals surface area contributed by atoms with Gasteiger partial charge in [-0.3, -0.25) is 14.5 Å². The Morgan fingerprint density at radius 3 is 2.56 bits per heavy atom. The minimum absolute atomic E-state index is 0.00263. The monoisotopic (exact) mass is 505 g/mol. The molecule has 0 spiro atoms. The summed E-state index contributed by atoms with van der Waals surface area (Å²) in [6.45, 7) is 4.26. The first-order valence-electron chi connectivity index (χ1n) is 11.4. The molecule has 1 saturated heterocycles. The predicted molar refractivity (Wildman–Crippen MR) is 137 cm³/mol. The third-order valence-corrected chi connectivity index (χ3v) is 7.14. The molecule has 0 saturated carbocycles. The average Bonchev–Trinajstić information content (AvgIpc) is 3.43. The zero-order valence-electron chi connectivity index (χ0n) is 19.8. The zero-order chi connectivity index (χ0) is 25.2. The maximum Gasteiger partial charge on any atom is 0.242 e. The highest BCUT2D eigenvalue weighted by molar-refractivity contribution is 8.15. The molecule has 2 aliphatic rings. The van der Waals surface area contributed by atoms with Gasteiger partial charge in [0.2, 0.25) is 18.6 Å². The molecule has 2 heterocycles. The average molecular weight is 506 g/mol. The van der Waals surface area contributed by atoms with Gasteiger partial charge in [-0.1, -0.05) is 36.0 Å². The van der Waals surface area contributed by atoms with E-state index in [9.17, 15) is 14.0 Å². The van der Waals surface area contributed by atoms with Crippen molar-refractivity contribution < 1.29 is 23.5 Å². The highest BCUT2D eigenvalue weighted by atomic mass is 32.2. The van der Waals surface area contributed by atoms with E-state index in [1.807, 2.05) is 44.2 Å². The smallest absolute Gasteiger partial charge is 0.242 e. The van der Waals surface area contributed by atoms with E-state index < -0.39 is 5.25 Å². The first-order valence-corrected chi connectivity index (χ1v) is 12.3. The summed E-state index contributed by atoms with van der Waals surface area (Å²) in [6, 6.07) is 17.0. The molecule has 9 heteroatoms. The summed E-state index contributed by atoms with van der Waals surface area (Å²) in [5, 5.41) is 2.77. The number of hydrogen-bond acceptors (Lipinski definition) is 6. The lowest BCUT2D eigenvalue weighted by molar-refractivity contribution is -0.128. The molecule has 1 unspecified atom stereocenters. The van der Waals surface area contributed by atoms with Crippen LogP contribution in [0, 0.1) is 19.7 Å². The fourth-order valence-electron chi connectivity index (χ4n) is 4.09. The van der Waals surface area contributed by atoms with E-state index in [1.54, 1.807) is 23.1 Å². The lowest BCUT2D eigenvalue weighted by atomic mass is 10.1. The second-order valence-corrected chi connectivity index (χ2v) is 9.78. The van der Waals surface area contributed by atoms with Crippen LogP contribution in [-0.4, -0.2) is 33.9 Å². The first-order chi connectivity index (χ1) is 17.4. The largest absolute Gasteiger partial charge is 0.454 e. The van der Waals surface area contributed by atoms with Crippen molar-refractivity contribution >= 4 is 40.1 Å². The van der Waals surface area contributed by atoms with Crippen molar-refractivity contribution in [3.8, 4) is 11.5 Å². The molecule has 3 aromatic carbocycles. The Kier molecular flexibility index (Phi) is 6.65. The Hall–Kier alpha value is -3.85. The van der Waals surface area contributed by atoms with Crippen molar-refractivity contribution in [2.45, 2.75) is 32.1 Å². The molecule has 7 nitrogen and oxygen atoms in total. The van der Waals surface area contributed by atoms with E-state index in [1.165, 1.54) is 23.9 Å². The normalized spacial score (nSPS) is 17.6. The number of amidine groups is 1. The molecule has 1 atom stereocenters. The SMILES string of the molecule is Cc1cccc(C)c1NC(=O)CC1SC(=Nc2ccc(F)cc2)N(Cc2ccc3c(c2)OCO3)C1=O. The molecular weight excluding hydrogens is 481 g/mol. The van der Waals surface area contributed by atoms with Crippen molar-refractivity contribution in [1.82, 2.24) is 4.90 Å². The summed E-state index contributed by atoms with van der Waals surface area (Å²) in [6.07, 6.45) is -0.00263. The number of aryl methyl sites for hydroxylation is 2. The van der Waals surface area contributed by atoms with Gasteiger partial charge in [0.05, 0.1) is 12.2 Å². The van der Waals surface area contributed by atoms with E-state index in [-0.39, 0.29) is 37.4 Å². The summed E-state index contributed by atoms with van der Waals surface area (Å²) in [7, 11) is 0. The summed E-state index contributed by atoms with van der Waals surface area (Å²) in [4.78, 5) is 32.5. The number of amides is 2. The maximum absolute atomic E-state index is 13.4. The number of halogens is 1. The van der Waals surface area contributed by atoms with Crippen molar-refractivity contribution in [1.29, 1.82) is 0 Å². The molecule has 2 aliphatic heterocycles. The molecular formula is C27H24FN3O4S. The second-order valence-electron chi connectivity index (χ2n) is 8.61. The molecule has 3 aromatic rings. The van der Waals surface area contributed by atoms with E-state index in [0.717, 1.165) is 22.4 Å². The van der Waals surface area contributed by atoms with Crippen LogP contribution in [-0.2, 0) is 16.1 Å². The number of carbonyl (C=O) groups is 2. The number of thioether (sulfide) groups is 1. The highest BCUT2D eigenvalue weighted by Crippen LogP contribution is 2.36. The number of nitrogens with zero attached hydrogens (tertiary/aromatic N) is 2. The van der Waals surface area contributed by atoms with E-state index in [2.05, 4.69) is 10.3 Å². The van der Waals surface area contributed by atoms with Gasteiger partial charge in [0, 0.05) is 12.1 Å². The maximum atomic E-state index is 13.4. The van der Waals surface area contributed by atoms with Crippen LogP contribution in [0.25, 0.3) is 0 Å². The third kappa shape index (κ3) is 5.06. The second kappa shape index (κ2) is 10.0. The Morgan fingerprint density at radius 1 is 1.08 bits per heavy atom. The van der Waals surface area contributed by atoms with E-state index >= 15 is 0 Å². The van der Waals surface area contributed by atoms with Crippen LogP contribution >= 0.6 is 11.8 Å². The van der Waals surface area contributed by atoms with E-state index in [0.29, 0.717) is 22.4 Å². The summed E-state index contributed by atoms with van der Waals surface area (Å²) in [5.41, 5.74) is 4.02. The third-order valence-electron chi connectivity index (χ3n) is 5.97. The number of carbonyl (C=O) groups excluding carboxylic acids is 2. The van der Waals surface area contributed by atoms with Crippen LogP contribution in [0.3, 0.4) is 0 Å². The van der Waals surface area contributed by atoms with Crippen LogP contribution in [0.1, 0.15) is 23.1 Å². The van der Waals surface area contributed by atoms with Gasteiger partial charge < -0.3 is 14.8 Å². The lowest BCUT2D eigenvalue weighted by Crippen LogP contribution is -2.33. The molecule has 5 rings (SSSR count). The lowest BCUT2D eigenvalue weighted by Gasteiger charge is -2.17. The number of benzene rings is 3. The predicted octanol–water partition coefficient (Wildman–Crippen LogP) is 5.33. The summed E-state index contributed by atoms with van der Waals surface area (Å²) in [5.74, 6) is 0.447. The minimum atomic E-state index is -0.637. The number of aliphatic imine (C=N–C) groups is 1. The molecule has 2 amide bonds. The number of nitrogens with one attached hydrogen (secondary N) is 1. The number of hydrogen-bond donors (Lipinski definition) is 1. The van der Waals surface area contributed by atoms with E-state index in [4.69, 9.17) is 9.47 Å². The quantitative estimate of drug-likeness (QED) is 0.490. The molecule has 184 valence electrons. The topological polar surface area (TPSA) is 80.2 Å². The number of anilines is 1. The zero-order valence-corrected chi connectivity index (χ0v) is 20.6. The standard InChI is InChI=1S/C27H24FN3O4S/c1-16-4-3-5-17(2)25(16)30-24(32)13-23-26(33)31(14-18-6-11-21-22(12-18)35-15-34-21)27(36-23)29-20-9-7-19(28)8-10-20/h3-12,23H,13-15H2,1-2H3,(H,30,32). The minimum Gasteiger partial charge on any atom is -0.454 e. The van der Waals surface area contributed by atoms with Crippen molar-refractivity contribution in [2.24, 2.45) is 4.99 Å². The molecule has 1 N–H and O–H groups in total. The van der Waals surface area contributed by atoms with Gasteiger partial charge in [-0.25, -0.2) is 9.38 Å². The van der Waals surface area contributed by atoms with Crippen molar-refractivity contribution in [3.05, 3.63) is 83.2 Å². The van der Waals surface area contributed by atoms with Gasteiger partial charge in [0.1, 0.15) is 11.1 Å². The Labute approximate surface area is 212 Å². The van der Waals surface area contributed by atoms with Gasteiger partial charge >= 0.3 is 0 Å². The first kappa shape index (κ1) is 23.9. The summed E-state index contributed by atoms with van der Waals surface area (Å²) < 4.78 is 24.2. The fraction of sp³-hybridized carbons (Fsp3) is 0.222. The van der Waals surface area contributed by atoms with Crippen LogP contribution < -0.4 is 14.8 Å². The van der Waals surface area contributed by atoms with Gasteiger partial charge in [0.25, 0.3) is 0 Å². The van der Waals surface area contributed by atoms with Crippen LogP contribution in [0.15, 0.2) is 65.7 Å².